The van der Waals surface area contributed by atoms with Crippen molar-refractivity contribution in [1.82, 2.24) is 24.7 Å². The number of aromatic nitrogens is 5. The Morgan fingerprint density at radius 3 is 3.17 bits per heavy atom. The number of nitrogens with zero attached hydrogens (tertiary/aromatic N) is 4. The molecule has 7 heteroatoms. The first-order valence-corrected chi connectivity index (χ1v) is 5.96. The number of hydrogen-bond acceptors (Lipinski definition) is 5. The zero-order chi connectivity index (χ0) is 12.5. The van der Waals surface area contributed by atoms with E-state index in [1.807, 2.05) is 10.6 Å². The van der Waals surface area contributed by atoms with E-state index in [2.05, 4.69) is 20.1 Å². The maximum absolute atomic E-state index is 5.29. The molecule has 0 aliphatic carbocycles. The predicted molar refractivity (Wildman–Crippen MR) is 67.7 cm³/mol. The predicted octanol–water partition coefficient (Wildman–Crippen LogP) is 2.03. The van der Waals surface area contributed by atoms with E-state index >= 15 is 0 Å². The van der Waals surface area contributed by atoms with Crippen LogP contribution in [0.4, 0.5) is 0 Å². The summed E-state index contributed by atoms with van der Waals surface area (Å²) in [5.41, 5.74) is 1.97. The van der Waals surface area contributed by atoms with Gasteiger partial charge in [-0.25, -0.2) is 0 Å². The van der Waals surface area contributed by atoms with Gasteiger partial charge in [0.25, 0.3) is 0 Å². The molecule has 3 heterocycles. The zero-order valence-corrected chi connectivity index (χ0v) is 10.6. The Labute approximate surface area is 108 Å². The standard InChI is InChI=1S/C11H11N5OS/c1-7-13-10(15-17-7)3-5-16-9-2-4-12-6-8(9)14-11(16)18/h2,4,6H,3,5H2,1H3,(H,14,18). The highest BCUT2D eigenvalue weighted by molar-refractivity contribution is 7.71. The summed E-state index contributed by atoms with van der Waals surface area (Å²) < 4.78 is 7.63. The molecule has 0 aromatic carbocycles. The van der Waals surface area contributed by atoms with Gasteiger partial charge in [0.2, 0.25) is 5.89 Å². The summed E-state index contributed by atoms with van der Waals surface area (Å²) in [5, 5.41) is 3.87. The fourth-order valence-corrected chi connectivity index (χ4v) is 2.19. The fraction of sp³-hybridized carbons (Fsp3) is 0.273. The SMILES string of the molecule is Cc1nc(CCn2c(=S)[nH]c3cnccc32)no1. The number of rotatable bonds is 3. The van der Waals surface area contributed by atoms with Crippen molar-refractivity contribution in [2.75, 3.05) is 0 Å². The first kappa shape index (κ1) is 11.1. The number of hydrogen-bond donors (Lipinski definition) is 1. The van der Waals surface area contributed by atoms with Crippen molar-refractivity contribution < 1.29 is 4.52 Å². The lowest BCUT2D eigenvalue weighted by atomic mass is 10.3. The first-order valence-electron chi connectivity index (χ1n) is 5.56. The highest BCUT2D eigenvalue weighted by atomic mass is 32.1. The minimum atomic E-state index is 0.580. The minimum Gasteiger partial charge on any atom is -0.340 e. The second-order valence-electron chi connectivity index (χ2n) is 3.95. The van der Waals surface area contributed by atoms with Crippen molar-refractivity contribution in [2.45, 2.75) is 19.9 Å². The molecule has 0 aliphatic rings. The molecule has 0 spiro atoms. The fourth-order valence-electron chi connectivity index (χ4n) is 1.89. The summed E-state index contributed by atoms with van der Waals surface area (Å²) in [5.74, 6) is 1.27. The molecule has 0 radical (unpaired) electrons. The van der Waals surface area contributed by atoms with Crippen molar-refractivity contribution in [1.29, 1.82) is 0 Å². The van der Waals surface area contributed by atoms with Crippen LogP contribution in [0.2, 0.25) is 0 Å². The van der Waals surface area contributed by atoms with Gasteiger partial charge < -0.3 is 14.1 Å². The molecule has 6 nitrogen and oxygen atoms in total. The van der Waals surface area contributed by atoms with Crippen LogP contribution in [-0.2, 0) is 13.0 Å². The molecule has 0 saturated heterocycles. The third-order valence-electron chi connectivity index (χ3n) is 2.70. The first-order chi connectivity index (χ1) is 8.74. The second kappa shape index (κ2) is 4.34. The zero-order valence-electron chi connectivity index (χ0n) is 9.75. The summed E-state index contributed by atoms with van der Waals surface area (Å²) in [6.45, 7) is 2.49. The van der Waals surface area contributed by atoms with E-state index in [-0.39, 0.29) is 0 Å². The highest BCUT2D eigenvalue weighted by Crippen LogP contribution is 2.12. The van der Waals surface area contributed by atoms with Crippen molar-refractivity contribution in [3.05, 3.63) is 34.9 Å². The number of aromatic amines is 1. The topological polar surface area (TPSA) is 72.5 Å². The lowest BCUT2D eigenvalue weighted by Gasteiger charge is -2.01. The van der Waals surface area contributed by atoms with Crippen LogP contribution >= 0.6 is 12.2 Å². The molecule has 18 heavy (non-hydrogen) atoms. The molecule has 0 atom stereocenters. The van der Waals surface area contributed by atoms with Crippen molar-refractivity contribution in [2.24, 2.45) is 0 Å². The van der Waals surface area contributed by atoms with E-state index in [9.17, 15) is 0 Å². The van der Waals surface area contributed by atoms with Gasteiger partial charge in [-0.2, -0.15) is 4.98 Å². The van der Waals surface area contributed by atoms with Crippen LogP contribution in [0.15, 0.2) is 23.0 Å². The number of H-pyrrole nitrogens is 1. The summed E-state index contributed by atoms with van der Waals surface area (Å²) in [7, 11) is 0. The lowest BCUT2D eigenvalue weighted by molar-refractivity contribution is 0.386. The number of pyridine rings is 1. The Hall–Kier alpha value is -2.02. The van der Waals surface area contributed by atoms with Gasteiger partial charge in [-0.1, -0.05) is 5.16 Å². The Morgan fingerprint density at radius 2 is 2.39 bits per heavy atom. The van der Waals surface area contributed by atoms with E-state index in [1.54, 1.807) is 19.3 Å². The number of aryl methyl sites for hydroxylation is 3. The lowest BCUT2D eigenvalue weighted by Crippen LogP contribution is -2.02. The van der Waals surface area contributed by atoms with Crippen LogP contribution in [0.5, 0.6) is 0 Å². The van der Waals surface area contributed by atoms with Gasteiger partial charge >= 0.3 is 0 Å². The number of nitrogens with one attached hydrogen (secondary N) is 1. The van der Waals surface area contributed by atoms with Crippen molar-refractivity contribution in [3.63, 3.8) is 0 Å². The van der Waals surface area contributed by atoms with E-state index in [0.717, 1.165) is 11.0 Å². The van der Waals surface area contributed by atoms with Crippen molar-refractivity contribution in [3.8, 4) is 0 Å². The molecule has 3 aromatic heterocycles. The molecular formula is C11H11N5OS. The molecule has 3 rings (SSSR count). The quantitative estimate of drug-likeness (QED) is 0.730. The Balaban J connectivity index is 1.90. The molecule has 1 N–H and O–H groups in total. The molecule has 0 bridgehead atoms. The van der Waals surface area contributed by atoms with E-state index in [1.165, 1.54) is 0 Å². The van der Waals surface area contributed by atoms with E-state index < -0.39 is 0 Å². The average Bonchev–Trinajstić information content (AvgIpc) is 2.90. The van der Waals surface area contributed by atoms with Gasteiger partial charge in [0.1, 0.15) is 0 Å². The van der Waals surface area contributed by atoms with Crippen LogP contribution in [0.1, 0.15) is 11.7 Å². The molecule has 0 unspecified atom stereocenters. The molecule has 0 amide bonds. The highest BCUT2D eigenvalue weighted by Gasteiger charge is 2.06. The van der Waals surface area contributed by atoms with Gasteiger partial charge in [-0.3, -0.25) is 4.98 Å². The third kappa shape index (κ3) is 1.92. The van der Waals surface area contributed by atoms with Gasteiger partial charge in [0.05, 0.1) is 17.2 Å². The number of imidazole rings is 1. The smallest absolute Gasteiger partial charge is 0.223 e. The maximum atomic E-state index is 5.29. The summed E-state index contributed by atoms with van der Waals surface area (Å²) in [6.07, 6.45) is 4.20. The number of fused-ring (bicyclic) bond motifs is 1. The summed E-state index contributed by atoms with van der Waals surface area (Å²) in [4.78, 5) is 11.4. The Bertz CT molecular complexity index is 741. The average molecular weight is 261 g/mol. The largest absolute Gasteiger partial charge is 0.340 e. The van der Waals surface area contributed by atoms with Crippen LogP contribution < -0.4 is 0 Å². The van der Waals surface area contributed by atoms with Gasteiger partial charge in [-0.15, -0.1) is 0 Å². The summed E-state index contributed by atoms with van der Waals surface area (Å²) in [6, 6.07) is 1.93. The minimum absolute atomic E-state index is 0.580. The maximum Gasteiger partial charge on any atom is 0.223 e. The van der Waals surface area contributed by atoms with E-state index in [0.29, 0.717) is 29.5 Å². The Kier molecular flexibility index (Phi) is 2.67. The van der Waals surface area contributed by atoms with Crippen LogP contribution in [-0.4, -0.2) is 24.7 Å². The van der Waals surface area contributed by atoms with Gasteiger partial charge in [0, 0.05) is 26.1 Å². The van der Waals surface area contributed by atoms with E-state index in [4.69, 9.17) is 16.7 Å². The van der Waals surface area contributed by atoms with Crippen LogP contribution in [0.25, 0.3) is 11.0 Å². The van der Waals surface area contributed by atoms with Gasteiger partial charge in [-0.05, 0) is 18.3 Å². The molecule has 92 valence electrons. The van der Waals surface area contributed by atoms with Crippen LogP contribution in [0, 0.1) is 11.7 Å². The monoisotopic (exact) mass is 261 g/mol. The third-order valence-corrected chi connectivity index (χ3v) is 3.03. The van der Waals surface area contributed by atoms with Crippen molar-refractivity contribution >= 4 is 23.3 Å². The Morgan fingerprint density at radius 1 is 1.50 bits per heavy atom. The molecular weight excluding hydrogens is 250 g/mol. The molecule has 0 aliphatic heterocycles. The molecule has 0 fully saturated rings. The second-order valence-corrected chi connectivity index (χ2v) is 4.34. The molecule has 3 aromatic rings. The van der Waals surface area contributed by atoms with Crippen LogP contribution in [0.3, 0.4) is 0 Å². The molecule has 0 saturated carbocycles. The normalized spacial score (nSPS) is 11.2. The summed E-state index contributed by atoms with van der Waals surface area (Å²) >= 11 is 5.29. The van der Waals surface area contributed by atoms with Gasteiger partial charge in [0.15, 0.2) is 10.6 Å².